The van der Waals surface area contributed by atoms with E-state index >= 15 is 0 Å². The minimum atomic E-state index is -1.42. The van der Waals surface area contributed by atoms with Crippen molar-refractivity contribution in [2.24, 2.45) is 5.73 Å². The number of aliphatic carboxylic acids is 1. The maximum absolute atomic E-state index is 12.4. The van der Waals surface area contributed by atoms with Crippen LogP contribution in [0.15, 0.2) is 41.3 Å². The second kappa shape index (κ2) is 6.71. The molecule has 11 nitrogen and oxygen atoms in total. The summed E-state index contributed by atoms with van der Waals surface area (Å²) in [6, 6.07) is 3.98. The van der Waals surface area contributed by atoms with Crippen LogP contribution in [0.5, 0.6) is 0 Å². The van der Waals surface area contributed by atoms with Gasteiger partial charge in [0.05, 0.1) is 11.0 Å². The molecule has 0 bridgehead atoms. The fourth-order valence-corrected chi connectivity index (χ4v) is 3.74. The van der Waals surface area contributed by atoms with Gasteiger partial charge in [-0.25, -0.2) is 4.79 Å². The molecule has 3 aliphatic heterocycles. The molecule has 3 heterocycles. The van der Waals surface area contributed by atoms with Gasteiger partial charge >= 0.3 is 5.97 Å². The zero-order valence-electron chi connectivity index (χ0n) is 15.0. The van der Waals surface area contributed by atoms with Crippen molar-refractivity contribution < 1.29 is 29.2 Å². The average molecular weight is 400 g/mol. The molecule has 4 rings (SSSR count). The van der Waals surface area contributed by atoms with Crippen molar-refractivity contribution in [3.8, 4) is 0 Å². The topological polar surface area (TPSA) is 165 Å². The lowest BCUT2D eigenvalue weighted by Crippen LogP contribution is -2.71. The Labute approximate surface area is 163 Å². The molecular formula is C18H16N4O7. The van der Waals surface area contributed by atoms with Crippen molar-refractivity contribution in [3.05, 3.63) is 57.0 Å². The molecule has 1 aromatic rings. The molecule has 0 spiro atoms. The first-order valence-corrected chi connectivity index (χ1v) is 8.77. The molecule has 1 aromatic carbocycles. The fraction of sp³-hybridized carbons (Fsp3) is 0.278. The molecule has 2 atom stereocenters. The number of nitrogens with zero attached hydrogens (tertiary/aromatic N) is 2. The van der Waals surface area contributed by atoms with E-state index in [4.69, 9.17) is 10.5 Å². The number of allylic oxidation sites excluding steroid dienone is 1. The maximum Gasteiger partial charge on any atom is 0.356 e. The van der Waals surface area contributed by atoms with E-state index in [9.17, 15) is 29.6 Å². The number of benzene rings is 1. The van der Waals surface area contributed by atoms with Crippen LogP contribution in [0.4, 0.5) is 5.69 Å². The summed E-state index contributed by atoms with van der Waals surface area (Å²) < 4.78 is 5.70. The van der Waals surface area contributed by atoms with Crippen LogP contribution < -0.4 is 11.1 Å². The number of hydrogen-bond acceptors (Lipinski definition) is 7. The number of nitrogens with two attached hydrogens (primary N) is 1. The predicted octanol–water partition coefficient (Wildman–Crippen LogP) is -0.267. The Morgan fingerprint density at radius 2 is 2.14 bits per heavy atom. The number of nitro benzene ring substituents is 1. The number of amides is 2. The van der Waals surface area contributed by atoms with E-state index in [2.05, 4.69) is 5.32 Å². The first-order valence-electron chi connectivity index (χ1n) is 8.77. The monoisotopic (exact) mass is 400 g/mol. The first-order chi connectivity index (χ1) is 13.8. The number of carboxylic acids is 1. The summed E-state index contributed by atoms with van der Waals surface area (Å²) in [6.07, 6.45) is 0.271. The molecule has 150 valence electrons. The zero-order chi connectivity index (χ0) is 20.9. The zero-order valence-corrected chi connectivity index (χ0v) is 15.0. The smallest absolute Gasteiger partial charge is 0.356 e. The number of non-ortho nitro benzene ring substituents is 1. The molecule has 3 aliphatic rings. The molecule has 2 amide bonds. The van der Waals surface area contributed by atoms with Crippen molar-refractivity contribution >= 4 is 29.0 Å². The van der Waals surface area contributed by atoms with Crippen molar-refractivity contribution in [2.45, 2.75) is 18.5 Å². The van der Waals surface area contributed by atoms with Gasteiger partial charge in [-0.3, -0.25) is 24.6 Å². The van der Waals surface area contributed by atoms with Gasteiger partial charge in [0.25, 0.3) is 5.69 Å². The summed E-state index contributed by atoms with van der Waals surface area (Å²) in [7, 11) is 0. The van der Waals surface area contributed by atoms with Gasteiger partial charge in [0.2, 0.25) is 11.8 Å². The van der Waals surface area contributed by atoms with Crippen LogP contribution in [0.3, 0.4) is 0 Å². The summed E-state index contributed by atoms with van der Waals surface area (Å²) in [4.78, 5) is 48.2. The second-order valence-electron chi connectivity index (χ2n) is 6.76. The lowest BCUT2D eigenvalue weighted by atomic mass is 9.89. The highest BCUT2D eigenvalue weighted by Gasteiger charge is 2.53. The molecule has 4 N–H and O–H groups in total. The highest BCUT2D eigenvalue weighted by atomic mass is 16.6. The Balaban J connectivity index is 1.96. The minimum Gasteiger partial charge on any atom is -0.488 e. The molecule has 11 heteroatoms. The summed E-state index contributed by atoms with van der Waals surface area (Å²) in [6.45, 7) is 0.283. The van der Waals surface area contributed by atoms with E-state index in [1.807, 2.05) is 0 Å². The average Bonchev–Trinajstić information content (AvgIpc) is 3.12. The fourth-order valence-electron chi connectivity index (χ4n) is 3.74. The predicted molar refractivity (Wildman–Crippen MR) is 96.9 cm³/mol. The standard InChI is InChI=1S/C18H16N4O7/c19-13-11-7-29-15(14(18(25)26)21(11)17(13)24)12(10-4-5-20-16(10)23)8-2-1-3-9(6-8)22(27)28/h1-3,6,11,13H,4-5,7,19H2,(H,20,23)(H,25,26)/b12-10+/t11-,13+/m1/s1. The van der Waals surface area contributed by atoms with Crippen molar-refractivity contribution in [1.29, 1.82) is 0 Å². The molecule has 0 unspecified atom stereocenters. The van der Waals surface area contributed by atoms with Gasteiger partial charge in [-0.05, 0) is 12.0 Å². The summed E-state index contributed by atoms with van der Waals surface area (Å²) in [5, 5.41) is 23.6. The van der Waals surface area contributed by atoms with E-state index in [0.717, 1.165) is 4.90 Å². The summed E-state index contributed by atoms with van der Waals surface area (Å²) >= 11 is 0. The quantitative estimate of drug-likeness (QED) is 0.269. The first kappa shape index (κ1) is 18.6. The second-order valence-corrected chi connectivity index (χ2v) is 6.76. The number of carbonyl (C=O) groups excluding carboxylic acids is 2. The molecule has 0 radical (unpaired) electrons. The van der Waals surface area contributed by atoms with Gasteiger partial charge in [0, 0.05) is 29.8 Å². The number of β-lactam (4-membered cyclic amide) rings is 1. The highest BCUT2D eigenvalue weighted by Crippen LogP contribution is 2.40. The third kappa shape index (κ3) is 2.83. The number of ether oxygens (including phenoxy) is 1. The normalized spacial score (nSPS) is 25.1. The van der Waals surface area contributed by atoms with Gasteiger partial charge in [-0.2, -0.15) is 0 Å². The lowest BCUT2D eigenvalue weighted by molar-refractivity contribution is -0.384. The highest BCUT2D eigenvalue weighted by molar-refractivity contribution is 6.09. The van der Waals surface area contributed by atoms with Gasteiger partial charge in [0.1, 0.15) is 12.6 Å². The van der Waals surface area contributed by atoms with Crippen LogP contribution >= 0.6 is 0 Å². The third-order valence-electron chi connectivity index (χ3n) is 5.13. The summed E-state index contributed by atoms with van der Waals surface area (Å²) in [5.41, 5.74) is 5.67. The number of nitrogens with one attached hydrogen (secondary N) is 1. The molecule has 29 heavy (non-hydrogen) atoms. The van der Waals surface area contributed by atoms with Crippen molar-refractivity contribution in [3.63, 3.8) is 0 Å². The van der Waals surface area contributed by atoms with Crippen molar-refractivity contribution in [1.82, 2.24) is 10.2 Å². The molecule has 0 aliphatic carbocycles. The van der Waals surface area contributed by atoms with Gasteiger partial charge in [-0.1, -0.05) is 12.1 Å². The number of carboxylic acid groups (broad SMARTS) is 1. The molecule has 0 aromatic heterocycles. The molecule has 2 saturated heterocycles. The van der Waals surface area contributed by atoms with E-state index < -0.39 is 40.5 Å². The number of rotatable bonds is 4. The van der Waals surface area contributed by atoms with Crippen molar-refractivity contribution in [2.75, 3.05) is 13.2 Å². The molecular weight excluding hydrogens is 384 g/mol. The van der Waals surface area contributed by atoms with Gasteiger partial charge < -0.3 is 20.9 Å². The van der Waals surface area contributed by atoms with Gasteiger partial charge in [0.15, 0.2) is 11.5 Å². The van der Waals surface area contributed by atoms with E-state index in [1.54, 1.807) is 0 Å². The Hall–Kier alpha value is -3.73. The van der Waals surface area contributed by atoms with Crippen LogP contribution in [-0.2, 0) is 19.1 Å². The Kier molecular flexibility index (Phi) is 4.31. The van der Waals surface area contributed by atoms with E-state index in [-0.39, 0.29) is 41.2 Å². The Morgan fingerprint density at radius 3 is 2.76 bits per heavy atom. The lowest BCUT2D eigenvalue weighted by Gasteiger charge is -2.48. The van der Waals surface area contributed by atoms with Gasteiger partial charge in [-0.15, -0.1) is 0 Å². The van der Waals surface area contributed by atoms with Crippen LogP contribution in [-0.4, -0.2) is 57.9 Å². The van der Waals surface area contributed by atoms with E-state index in [0.29, 0.717) is 6.54 Å². The molecule has 0 saturated carbocycles. The molecule has 2 fully saturated rings. The largest absolute Gasteiger partial charge is 0.488 e. The number of hydrogen-bond donors (Lipinski definition) is 3. The maximum atomic E-state index is 12.4. The minimum absolute atomic E-state index is 0.0493. The van der Waals surface area contributed by atoms with E-state index in [1.165, 1.54) is 24.3 Å². The van der Waals surface area contributed by atoms with Crippen LogP contribution in [0.1, 0.15) is 12.0 Å². The number of fused-ring (bicyclic) bond motifs is 1. The summed E-state index contributed by atoms with van der Waals surface area (Å²) in [5.74, 6) is -2.60. The van der Waals surface area contributed by atoms with Crippen LogP contribution in [0, 0.1) is 10.1 Å². The Morgan fingerprint density at radius 1 is 1.38 bits per heavy atom. The third-order valence-corrected chi connectivity index (χ3v) is 5.13. The van der Waals surface area contributed by atoms with Crippen LogP contribution in [0.25, 0.3) is 5.57 Å². The van der Waals surface area contributed by atoms with Crippen LogP contribution in [0.2, 0.25) is 0 Å². The SMILES string of the molecule is N[C@@H]1C(=O)N2C(C(=O)O)=C(/C(=C3\CCNC3=O)c3cccc([N+](=O)[O-])c3)OC[C@H]12. The number of carbonyl (C=O) groups is 3. The number of nitro groups is 1. The Bertz CT molecular complexity index is 1030.